The summed E-state index contributed by atoms with van der Waals surface area (Å²) in [5, 5.41) is 6.24. The molecule has 94 valence electrons. The standard InChI is InChI=1S/C12H22N2O.ClH/c1-2-13-7-8-14-11(15)10-9-12(10)5-3-4-6-12;/h10,13H,2-9H2,1H3,(H,14,15);1H. The van der Waals surface area contributed by atoms with Gasteiger partial charge in [-0.3, -0.25) is 4.79 Å². The van der Waals surface area contributed by atoms with Gasteiger partial charge in [-0.2, -0.15) is 0 Å². The molecule has 2 fully saturated rings. The number of halogens is 1. The second-order valence-corrected chi connectivity index (χ2v) is 4.97. The summed E-state index contributed by atoms with van der Waals surface area (Å²) in [5.74, 6) is 0.649. The summed E-state index contributed by atoms with van der Waals surface area (Å²) in [6, 6.07) is 0. The van der Waals surface area contributed by atoms with Crippen molar-refractivity contribution in [2.45, 2.75) is 39.0 Å². The van der Waals surface area contributed by atoms with Crippen LogP contribution in [0, 0.1) is 11.3 Å². The first-order chi connectivity index (χ1) is 7.28. The van der Waals surface area contributed by atoms with Crippen molar-refractivity contribution in [3.63, 3.8) is 0 Å². The van der Waals surface area contributed by atoms with E-state index in [4.69, 9.17) is 0 Å². The Labute approximate surface area is 104 Å². The van der Waals surface area contributed by atoms with E-state index in [-0.39, 0.29) is 12.4 Å². The van der Waals surface area contributed by atoms with Gasteiger partial charge in [0.1, 0.15) is 0 Å². The predicted octanol–water partition coefficient (Wildman–Crippen LogP) is 1.71. The summed E-state index contributed by atoms with van der Waals surface area (Å²) in [7, 11) is 0. The number of carbonyl (C=O) groups is 1. The molecule has 1 atom stereocenters. The number of rotatable bonds is 5. The van der Waals surface area contributed by atoms with Crippen LogP contribution in [0.3, 0.4) is 0 Å². The summed E-state index contributed by atoms with van der Waals surface area (Å²) in [6.45, 7) is 4.72. The Bertz CT molecular complexity index is 239. The number of hydrogen-bond donors (Lipinski definition) is 2. The molecule has 16 heavy (non-hydrogen) atoms. The van der Waals surface area contributed by atoms with Crippen LogP contribution < -0.4 is 10.6 Å². The molecule has 4 heteroatoms. The molecule has 1 amide bonds. The minimum atomic E-state index is 0. The van der Waals surface area contributed by atoms with Gasteiger partial charge in [0.05, 0.1) is 0 Å². The molecule has 2 aliphatic rings. The maximum Gasteiger partial charge on any atom is 0.223 e. The Balaban J connectivity index is 0.00000128. The number of carbonyl (C=O) groups excluding carboxylic acids is 1. The maximum atomic E-state index is 11.8. The van der Waals surface area contributed by atoms with Gasteiger partial charge in [0, 0.05) is 19.0 Å². The first kappa shape index (κ1) is 13.8. The van der Waals surface area contributed by atoms with Crippen LogP contribution in [0.2, 0.25) is 0 Å². The van der Waals surface area contributed by atoms with E-state index in [9.17, 15) is 4.79 Å². The highest BCUT2D eigenvalue weighted by Crippen LogP contribution is 2.62. The summed E-state index contributed by atoms with van der Waals surface area (Å²) < 4.78 is 0. The summed E-state index contributed by atoms with van der Waals surface area (Å²) in [4.78, 5) is 11.8. The molecule has 2 saturated carbocycles. The van der Waals surface area contributed by atoms with E-state index in [1.807, 2.05) is 0 Å². The molecule has 0 aliphatic heterocycles. The zero-order valence-corrected chi connectivity index (χ0v) is 10.9. The Morgan fingerprint density at radius 2 is 2.00 bits per heavy atom. The average molecular weight is 247 g/mol. The number of nitrogens with one attached hydrogen (secondary N) is 2. The van der Waals surface area contributed by atoms with Crippen molar-refractivity contribution in [3.8, 4) is 0 Å². The second-order valence-electron chi connectivity index (χ2n) is 4.97. The lowest BCUT2D eigenvalue weighted by molar-refractivity contribution is -0.123. The lowest BCUT2D eigenvalue weighted by Gasteiger charge is -2.09. The molecule has 0 saturated heterocycles. The van der Waals surface area contributed by atoms with E-state index in [1.165, 1.54) is 25.7 Å². The quantitative estimate of drug-likeness (QED) is 0.726. The predicted molar refractivity (Wildman–Crippen MR) is 67.8 cm³/mol. The van der Waals surface area contributed by atoms with Crippen LogP contribution in [0.1, 0.15) is 39.0 Å². The first-order valence-corrected chi connectivity index (χ1v) is 6.27. The highest BCUT2D eigenvalue weighted by molar-refractivity contribution is 5.85. The van der Waals surface area contributed by atoms with E-state index >= 15 is 0 Å². The number of likely N-dealkylation sites (N-methyl/N-ethyl adjacent to an activating group) is 1. The van der Waals surface area contributed by atoms with Gasteiger partial charge in [-0.25, -0.2) is 0 Å². The molecule has 0 radical (unpaired) electrons. The van der Waals surface area contributed by atoms with E-state index in [0.29, 0.717) is 17.2 Å². The van der Waals surface area contributed by atoms with Gasteiger partial charge in [0.2, 0.25) is 5.91 Å². The highest BCUT2D eigenvalue weighted by Gasteiger charge is 2.58. The number of hydrogen-bond acceptors (Lipinski definition) is 2. The third-order valence-corrected chi connectivity index (χ3v) is 3.96. The SMILES string of the molecule is CCNCCNC(=O)C1CC12CCCC2.Cl. The third kappa shape index (κ3) is 2.89. The van der Waals surface area contributed by atoms with Crippen LogP contribution in [0.15, 0.2) is 0 Å². The van der Waals surface area contributed by atoms with Crippen molar-refractivity contribution in [2.24, 2.45) is 11.3 Å². The van der Waals surface area contributed by atoms with Crippen LogP contribution >= 0.6 is 12.4 Å². The van der Waals surface area contributed by atoms with Gasteiger partial charge < -0.3 is 10.6 Å². The Kier molecular flexibility index (Phi) is 5.06. The van der Waals surface area contributed by atoms with Crippen molar-refractivity contribution < 1.29 is 4.79 Å². The highest BCUT2D eigenvalue weighted by atomic mass is 35.5. The van der Waals surface area contributed by atoms with Crippen LogP contribution in [0.25, 0.3) is 0 Å². The topological polar surface area (TPSA) is 41.1 Å². The average Bonchev–Trinajstić information content (AvgIpc) is 2.72. The summed E-state index contributed by atoms with van der Waals surface area (Å²) in [6.07, 6.45) is 6.40. The largest absolute Gasteiger partial charge is 0.355 e. The van der Waals surface area contributed by atoms with E-state index in [1.54, 1.807) is 0 Å². The van der Waals surface area contributed by atoms with Gasteiger partial charge in [0.15, 0.2) is 0 Å². The molecular formula is C12H23ClN2O. The zero-order valence-electron chi connectivity index (χ0n) is 10.1. The summed E-state index contributed by atoms with van der Waals surface area (Å²) in [5.41, 5.74) is 0.447. The molecule has 1 unspecified atom stereocenters. The van der Waals surface area contributed by atoms with Crippen LogP contribution in [-0.2, 0) is 4.79 Å². The molecule has 0 aromatic carbocycles. The molecule has 0 aromatic rings. The molecule has 2 N–H and O–H groups in total. The molecule has 3 nitrogen and oxygen atoms in total. The van der Waals surface area contributed by atoms with Gasteiger partial charge in [-0.15, -0.1) is 12.4 Å². The minimum Gasteiger partial charge on any atom is -0.355 e. The Morgan fingerprint density at radius 1 is 1.31 bits per heavy atom. The third-order valence-electron chi connectivity index (χ3n) is 3.96. The maximum absolute atomic E-state index is 11.8. The summed E-state index contributed by atoms with van der Waals surface area (Å²) >= 11 is 0. The van der Waals surface area contributed by atoms with E-state index in [0.717, 1.165) is 26.1 Å². The molecule has 1 spiro atoms. The van der Waals surface area contributed by atoms with Crippen molar-refractivity contribution in [3.05, 3.63) is 0 Å². The molecule has 2 aliphatic carbocycles. The number of amides is 1. The Morgan fingerprint density at radius 3 is 2.62 bits per heavy atom. The molecular weight excluding hydrogens is 224 g/mol. The fourth-order valence-corrected chi connectivity index (χ4v) is 2.92. The van der Waals surface area contributed by atoms with Crippen LogP contribution in [-0.4, -0.2) is 25.5 Å². The van der Waals surface area contributed by atoms with Crippen LogP contribution in [0.5, 0.6) is 0 Å². The van der Waals surface area contributed by atoms with Crippen molar-refractivity contribution in [1.82, 2.24) is 10.6 Å². The molecule has 0 heterocycles. The lowest BCUT2D eigenvalue weighted by atomic mass is 10.0. The normalized spacial score (nSPS) is 25.2. The van der Waals surface area contributed by atoms with Crippen molar-refractivity contribution in [1.29, 1.82) is 0 Å². The van der Waals surface area contributed by atoms with Gasteiger partial charge in [-0.1, -0.05) is 19.8 Å². The van der Waals surface area contributed by atoms with Gasteiger partial charge in [-0.05, 0) is 31.2 Å². The monoisotopic (exact) mass is 246 g/mol. The molecule has 2 rings (SSSR count). The minimum absolute atomic E-state index is 0. The molecule has 0 bridgehead atoms. The van der Waals surface area contributed by atoms with Crippen molar-refractivity contribution in [2.75, 3.05) is 19.6 Å². The van der Waals surface area contributed by atoms with Crippen molar-refractivity contribution >= 4 is 18.3 Å². The smallest absolute Gasteiger partial charge is 0.223 e. The second kappa shape index (κ2) is 5.87. The zero-order chi connectivity index (χ0) is 10.7. The first-order valence-electron chi connectivity index (χ1n) is 6.27. The Hall–Kier alpha value is -0.280. The van der Waals surface area contributed by atoms with E-state index < -0.39 is 0 Å². The fraction of sp³-hybridized carbons (Fsp3) is 0.917. The van der Waals surface area contributed by atoms with E-state index in [2.05, 4.69) is 17.6 Å². The molecule has 0 aromatic heterocycles. The van der Waals surface area contributed by atoms with Gasteiger partial charge in [0.25, 0.3) is 0 Å². The fourth-order valence-electron chi connectivity index (χ4n) is 2.92. The van der Waals surface area contributed by atoms with Gasteiger partial charge >= 0.3 is 0 Å². The van der Waals surface area contributed by atoms with Crippen LogP contribution in [0.4, 0.5) is 0 Å². The lowest BCUT2D eigenvalue weighted by Crippen LogP contribution is -2.33.